The van der Waals surface area contributed by atoms with Gasteiger partial charge in [-0.15, -0.1) is 0 Å². The number of Topliss-reactive ketones (excluding diaryl/α,β-unsaturated/α-hetero) is 1. The third-order valence-electron chi connectivity index (χ3n) is 3.60. The van der Waals surface area contributed by atoms with E-state index in [1.165, 1.54) is 5.39 Å². The third-order valence-corrected chi connectivity index (χ3v) is 3.60. The van der Waals surface area contributed by atoms with Crippen LogP contribution in [0.15, 0.2) is 42.5 Å². The minimum absolute atomic E-state index is 0.0335. The summed E-state index contributed by atoms with van der Waals surface area (Å²) in [6, 6.07) is 14.1. The van der Waals surface area contributed by atoms with E-state index in [9.17, 15) is 4.79 Å². The second kappa shape index (κ2) is 5.98. The fourth-order valence-electron chi connectivity index (χ4n) is 2.41. The van der Waals surface area contributed by atoms with Crippen LogP contribution in [0.4, 0.5) is 0 Å². The van der Waals surface area contributed by atoms with Crippen LogP contribution in [0, 0.1) is 11.8 Å². The summed E-state index contributed by atoms with van der Waals surface area (Å²) < 4.78 is 0. The standard InChI is InChI=1S/C17H21NO/c1-12(2)16(11-18-3)17(19)15-9-8-13-6-4-5-7-14(13)10-15/h4-10,12,16,18H,11H2,1-3H3. The molecular weight excluding hydrogens is 234 g/mol. The van der Waals surface area contributed by atoms with Crippen LogP contribution in [-0.4, -0.2) is 19.4 Å². The fraction of sp³-hybridized carbons (Fsp3) is 0.353. The molecule has 2 heteroatoms. The maximum absolute atomic E-state index is 12.6. The number of benzene rings is 2. The van der Waals surface area contributed by atoms with Gasteiger partial charge in [-0.1, -0.05) is 50.2 Å². The van der Waals surface area contributed by atoms with E-state index in [1.54, 1.807) is 0 Å². The van der Waals surface area contributed by atoms with Crippen LogP contribution in [0.25, 0.3) is 10.8 Å². The fourth-order valence-corrected chi connectivity index (χ4v) is 2.41. The van der Waals surface area contributed by atoms with Crippen molar-refractivity contribution < 1.29 is 4.79 Å². The van der Waals surface area contributed by atoms with E-state index in [1.807, 2.05) is 37.4 Å². The number of fused-ring (bicyclic) bond motifs is 1. The Morgan fingerprint density at radius 3 is 2.42 bits per heavy atom. The topological polar surface area (TPSA) is 29.1 Å². The van der Waals surface area contributed by atoms with E-state index >= 15 is 0 Å². The first-order chi connectivity index (χ1) is 9.13. The number of rotatable bonds is 5. The van der Waals surface area contributed by atoms with Crippen molar-refractivity contribution in [1.29, 1.82) is 0 Å². The summed E-state index contributed by atoms with van der Waals surface area (Å²) in [5, 5.41) is 5.42. The van der Waals surface area contributed by atoms with Crippen LogP contribution in [0.3, 0.4) is 0 Å². The average molecular weight is 255 g/mol. The molecule has 0 amide bonds. The van der Waals surface area contributed by atoms with Gasteiger partial charge in [-0.25, -0.2) is 0 Å². The summed E-state index contributed by atoms with van der Waals surface area (Å²) in [7, 11) is 1.89. The summed E-state index contributed by atoms with van der Waals surface area (Å²) in [4.78, 5) is 12.6. The molecule has 2 rings (SSSR count). The second-order valence-corrected chi connectivity index (χ2v) is 5.33. The first kappa shape index (κ1) is 13.8. The molecule has 19 heavy (non-hydrogen) atoms. The summed E-state index contributed by atoms with van der Waals surface area (Å²) >= 11 is 0. The zero-order chi connectivity index (χ0) is 13.8. The Bertz CT molecular complexity index is 574. The van der Waals surface area contributed by atoms with Crippen molar-refractivity contribution in [2.45, 2.75) is 13.8 Å². The van der Waals surface area contributed by atoms with E-state index < -0.39 is 0 Å². The van der Waals surface area contributed by atoms with Crippen molar-refractivity contribution in [3.8, 4) is 0 Å². The molecule has 0 saturated carbocycles. The first-order valence-electron chi connectivity index (χ1n) is 6.81. The van der Waals surface area contributed by atoms with Gasteiger partial charge >= 0.3 is 0 Å². The second-order valence-electron chi connectivity index (χ2n) is 5.33. The number of carbonyl (C=O) groups excluding carboxylic acids is 1. The van der Waals surface area contributed by atoms with Crippen LogP contribution in [0.1, 0.15) is 24.2 Å². The molecule has 2 aromatic carbocycles. The average Bonchev–Trinajstić information content (AvgIpc) is 2.43. The molecule has 1 N–H and O–H groups in total. The lowest BCUT2D eigenvalue weighted by Gasteiger charge is -2.19. The first-order valence-corrected chi connectivity index (χ1v) is 6.81. The van der Waals surface area contributed by atoms with Gasteiger partial charge in [0.05, 0.1) is 0 Å². The Labute approximate surface area is 114 Å². The minimum Gasteiger partial charge on any atom is -0.319 e. The van der Waals surface area contributed by atoms with Crippen molar-refractivity contribution >= 4 is 16.6 Å². The van der Waals surface area contributed by atoms with Crippen molar-refractivity contribution in [2.75, 3.05) is 13.6 Å². The molecule has 0 fully saturated rings. The molecule has 0 aliphatic rings. The van der Waals surface area contributed by atoms with Crippen molar-refractivity contribution in [3.05, 3.63) is 48.0 Å². The largest absolute Gasteiger partial charge is 0.319 e. The van der Waals surface area contributed by atoms with Gasteiger partial charge in [0.15, 0.2) is 5.78 Å². The molecule has 0 radical (unpaired) electrons. The molecule has 2 nitrogen and oxygen atoms in total. The van der Waals surface area contributed by atoms with Crippen LogP contribution in [-0.2, 0) is 0 Å². The lowest BCUT2D eigenvalue weighted by atomic mass is 9.87. The van der Waals surface area contributed by atoms with E-state index in [4.69, 9.17) is 0 Å². The minimum atomic E-state index is 0.0335. The van der Waals surface area contributed by atoms with Gasteiger partial charge in [-0.2, -0.15) is 0 Å². The molecule has 0 aromatic heterocycles. The highest BCUT2D eigenvalue weighted by atomic mass is 16.1. The Balaban J connectivity index is 2.34. The predicted octanol–water partition coefficient (Wildman–Crippen LogP) is 3.51. The van der Waals surface area contributed by atoms with E-state index in [0.29, 0.717) is 5.92 Å². The molecule has 0 aliphatic heterocycles. The molecule has 0 aliphatic carbocycles. The maximum Gasteiger partial charge on any atom is 0.167 e. The van der Waals surface area contributed by atoms with Crippen LogP contribution < -0.4 is 5.32 Å². The lowest BCUT2D eigenvalue weighted by Crippen LogP contribution is -2.30. The highest BCUT2D eigenvalue weighted by molar-refractivity contribution is 6.01. The van der Waals surface area contributed by atoms with Gasteiger partial charge in [-0.05, 0) is 29.8 Å². The molecule has 0 saturated heterocycles. The van der Waals surface area contributed by atoms with Gasteiger partial charge in [0, 0.05) is 18.0 Å². The van der Waals surface area contributed by atoms with Gasteiger partial charge in [0.1, 0.15) is 0 Å². The Kier molecular flexibility index (Phi) is 4.33. The molecule has 0 bridgehead atoms. The maximum atomic E-state index is 12.6. The van der Waals surface area contributed by atoms with E-state index in [-0.39, 0.29) is 11.7 Å². The zero-order valence-corrected chi connectivity index (χ0v) is 11.8. The highest BCUT2D eigenvalue weighted by Gasteiger charge is 2.22. The molecular formula is C17H21NO. The SMILES string of the molecule is CNCC(C(=O)c1ccc2ccccc2c1)C(C)C. The van der Waals surface area contributed by atoms with E-state index in [0.717, 1.165) is 17.5 Å². The number of ketones is 1. The van der Waals surface area contributed by atoms with Crippen LogP contribution >= 0.6 is 0 Å². The van der Waals surface area contributed by atoms with Gasteiger partial charge < -0.3 is 5.32 Å². The Morgan fingerprint density at radius 2 is 1.79 bits per heavy atom. The molecule has 0 heterocycles. The lowest BCUT2D eigenvalue weighted by molar-refractivity contribution is 0.0886. The number of nitrogens with one attached hydrogen (secondary N) is 1. The van der Waals surface area contributed by atoms with Crippen LogP contribution in [0.2, 0.25) is 0 Å². The number of hydrogen-bond acceptors (Lipinski definition) is 2. The third kappa shape index (κ3) is 3.02. The summed E-state index contributed by atoms with van der Waals surface area (Å²) in [5.41, 5.74) is 0.813. The monoisotopic (exact) mass is 255 g/mol. The van der Waals surface area contributed by atoms with Gasteiger partial charge in [0.25, 0.3) is 0 Å². The Hall–Kier alpha value is -1.67. The van der Waals surface area contributed by atoms with E-state index in [2.05, 4.69) is 31.3 Å². The normalized spacial score (nSPS) is 12.8. The molecule has 0 spiro atoms. The molecule has 100 valence electrons. The molecule has 2 aromatic rings. The Morgan fingerprint density at radius 1 is 1.11 bits per heavy atom. The highest BCUT2D eigenvalue weighted by Crippen LogP contribution is 2.21. The smallest absolute Gasteiger partial charge is 0.167 e. The summed E-state index contributed by atoms with van der Waals surface area (Å²) in [6.45, 7) is 4.92. The zero-order valence-electron chi connectivity index (χ0n) is 11.8. The number of carbonyl (C=O) groups is 1. The van der Waals surface area contributed by atoms with Gasteiger partial charge in [0.2, 0.25) is 0 Å². The molecule has 1 unspecified atom stereocenters. The quantitative estimate of drug-likeness (QED) is 0.828. The predicted molar refractivity (Wildman–Crippen MR) is 80.5 cm³/mol. The van der Waals surface area contributed by atoms with Gasteiger partial charge in [-0.3, -0.25) is 4.79 Å². The number of hydrogen-bond donors (Lipinski definition) is 1. The van der Waals surface area contributed by atoms with Crippen molar-refractivity contribution in [2.24, 2.45) is 11.8 Å². The van der Waals surface area contributed by atoms with Crippen molar-refractivity contribution in [1.82, 2.24) is 5.32 Å². The van der Waals surface area contributed by atoms with Crippen molar-refractivity contribution in [3.63, 3.8) is 0 Å². The summed E-state index contributed by atoms with van der Waals surface area (Å²) in [5.74, 6) is 0.604. The van der Waals surface area contributed by atoms with Crippen LogP contribution in [0.5, 0.6) is 0 Å². The molecule has 1 atom stereocenters. The summed E-state index contributed by atoms with van der Waals surface area (Å²) in [6.07, 6.45) is 0.